The van der Waals surface area contributed by atoms with E-state index in [0.717, 1.165) is 0 Å². The standard InChI is InChI=1S/C9H12N2O4/c1-3-15-7(12)4-6-5(2)10-8(13)9(14)11-6/h3-4H2,1-2H3,(H,10,13)(H,11,14). The predicted molar refractivity (Wildman–Crippen MR) is 52.8 cm³/mol. The van der Waals surface area contributed by atoms with Gasteiger partial charge in [0.1, 0.15) is 0 Å². The first kappa shape index (κ1) is 11.2. The van der Waals surface area contributed by atoms with E-state index in [9.17, 15) is 14.4 Å². The van der Waals surface area contributed by atoms with Gasteiger partial charge < -0.3 is 14.7 Å². The Balaban J connectivity index is 2.96. The summed E-state index contributed by atoms with van der Waals surface area (Å²) in [6.07, 6.45) is -0.0499. The summed E-state index contributed by atoms with van der Waals surface area (Å²) in [5, 5.41) is 0. The summed E-state index contributed by atoms with van der Waals surface area (Å²) >= 11 is 0. The van der Waals surface area contributed by atoms with Crippen LogP contribution in [0.5, 0.6) is 0 Å². The molecule has 0 aromatic carbocycles. The van der Waals surface area contributed by atoms with Gasteiger partial charge in [-0.15, -0.1) is 0 Å². The van der Waals surface area contributed by atoms with Crippen LogP contribution >= 0.6 is 0 Å². The number of hydrogen-bond acceptors (Lipinski definition) is 4. The lowest BCUT2D eigenvalue weighted by molar-refractivity contribution is -0.142. The Morgan fingerprint density at radius 3 is 2.47 bits per heavy atom. The van der Waals surface area contributed by atoms with Crippen LogP contribution < -0.4 is 11.1 Å². The molecule has 0 fully saturated rings. The van der Waals surface area contributed by atoms with Crippen molar-refractivity contribution in [2.75, 3.05) is 6.61 Å². The Bertz CT molecular complexity index is 472. The summed E-state index contributed by atoms with van der Waals surface area (Å²) in [6, 6.07) is 0. The Labute approximate surface area is 85.3 Å². The highest BCUT2D eigenvalue weighted by atomic mass is 16.5. The van der Waals surface area contributed by atoms with Gasteiger partial charge in [-0.1, -0.05) is 0 Å². The SMILES string of the molecule is CCOC(=O)Cc1[nH]c(=O)c(=O)[nH]c1C. The number of nitrogens with one attached hydrogen (secondary N) is 2. The van der Waals surface area contributed by atoms with Gasteiger partial charge in [0.05, 0.1) is 13.0 Å². The third-order valence-corrected chi connectivity index (χ3v) is 1.85. The molecule has 0 radical (unpaired) electrons. The third-order valence-electron chi connectivity index (χ3n) is 1.85. The van der Waals surface area contributed by atoms with E-state index in [2.05, 4.69) is 9.97 Å². The van der Waals surface area contributed by atoms with E-state index in [1.807, 2.05) is 0 Å². The highest BCUT2D eigenvalue weighted by Crippen LogP contribution is 1.98. The van der Waals surface area contributed by atoms with Gasteiger partial charge in [0.25, 0.3) is 0 Å². The van der Waals surface area contributed by atoms with Gasteiger partial charge in [0.15, 0.2) is 0 Å². The number of aromatic amines is 2. The third kappa shape index (κ3) is 2.80. The Hall–Kier alpha value is -1.85. The zero-order valence-corrected chi connectivity index (χ0v) is 8.55. The molecule has 2 N–H and O–H groups in total. The molecule has 0 spiro atoms. The summed E-state index contributed by atoms with van der Waals surface area (Å²) in [4.78, 5) is 37.7. The molecule has 0 amide bonds. The minimum absolute atomic E-state index is 0.0499. The van der Waals surface area contributed by atoms with Gasteiger partial charge in [0, 0.05) is 11.4 Å². The molecule has 0 aliphatic rings. The van der Waals surface area contributed by atoms with Crippen LogP contribution in [0.15, 0.2) is 9.59 Å². The van der Waals surface area contributed by atoms with Crippen LogP contribution in [0, 0.1) is 6.92 Å². The van der Waals surface area contributed by atoms with Crippen molar-refractivity contribution in [2.24, 2.45) is 0 Å². The van der Waals surface area contributed by atoms with Crippen LogP contribution in [0.2, 0.25) is 0 Å². The Kier molecular flexibility index (Phi) is 3.43. The van der Waals surface area contributed by atoms with Crippen LogP contribution in [0.3, 0.4) is 0 Å². The lowest BCUT2D eigenvalue weighted by atomic mass is 10.2. The van der Waals surface area contributed by atoms with Crippen molar-refractivity contribution >= 4 is 5.97 Å². The molecule has 0 atom stereocenters. The molecular weight excluding hydrogens is 200 g/mol. The second-order valence-electron chi connectivity index (χ2n) is 2.99. The number of carbonyl (C=O) groups excluding carboxylic acids is 1. The molecule has 0 unspecified atom stereocenters. The highest BCUT2D eigenvalue weighted by Gasteiger charge is 2.09. The van der Waals surface area contributed by atoms with Gasteiger partial charge in [-0.05, 0) is 13.8 Å². The van der Waals surface area contributed by atoms with E-state index >= 15 is 0 Å². The quantitative estimate of drug-likeness (QED) is 0.520. The van der Waals surface area contributed by atoms with E-state index in [1.165, 1.54) is 0 Å². The van der Waals surface area contributed by atoms with Gasteiger partial charge in [-0.25, -0.2) is 0 Å². The molecule has 6 nitrogen and oxygen atoms in total. The maximum absolute atomic E-state index is 11.1. The fourth-order valence-electron chi connectivity index (χ4n) is 1.12. The molecule has 15 heavy (non-hydrogen) atoms. The topological polar surface area (TPSA) is 92.0 Å². The van der Waals surface area contributed by atoms with Crippen molar-refractivity contribution in [1.29, 1.82) is 0 Å². The number of esters is 1. The van der Waals surface area contributed by atoms with Gasteiger partial charge in [0.2, 0.25) is 0 Å². The largest absolute Gasteiger partial charge is 0.466 e. The summed E-state index contributed by atoms with van der Waals surface area (Å²) < 4.78 is 4.72. The van der Waals surface area contributed by atoms with E-state index < -0.39 is 17.1 Å². The van der Waals surface area contributed by atoms with Crippen molar-refractivity contribution in [3.8, 4) is 0 Å². The van der Waals surface area contributed by atoms with Gasteiger partial charge in [-0.3, -0.25) is 14.4 Å². The van der Waals surface area contributed by atoms with Crippen molar-refractivity contribution in [1.82, 2.24) is 9.97 Å². The summed E-state index contributed by atoms with van der Waals surface area (Å²) in [6.45, 7) is 3.58. The molecule has 0 bridgehead atoms. The number of rotatable bonds is 3. The molecular formula is C9H12N2O4. The number of aryl methyl sites for hydroxylation is 1. The second kappa shape index (κ2) is 4.59. The first-order chi connectivity index (χ1) is 7.04. The van der Waals surface area contributed by atoms with E-state index in [1.54, 1.807) is 13.8 Å². The van der Waals surface area contributed by atoms with Crippen molar-refractivity contribution < 1.29 is 9.53 Å². The predicted octanol–water partition coefficient (Wildman–Crippen LogP) is -0.523. The molecule has 1 heterocycles. The number of H-pyrrole nitrogens is 2. The molecule has 1 rings (SSSR count). The first-order valence-electron chi connectivity index (χ1n) is 4.52. The lowest BCUT2D eigenvalue weighted by Gasteiger charge is -2.04. The minimum atomic E-state index is -0.764. The fourth-order valence-corrected chi connectivity index (χ4v) is 1.12. The van der Waals surface area contributed by atoms with Crippen LogP contribution in [0.25, 0.3) is 0 Å². The maximum Gasteiger partial charge on any atom is 0.313 e. The number of hydrogen-bond donors (Lipinski definition) is 2. The van der Waals surface area contributed by atoms with E-state index in [0.29, 0.717) is 11.4 Å². The minimum Gasteiger partial charge on any atom is -0.466 e. The summed E-state index contributed by atoms with van der Waals surface area (Å²) in [5.74, 6) is -0.441. The van der Waals surface area contributed by atoms with Crippen molar-refractivity contribution in [3.63, 3.8) is 0 Å². The molecule has 0 saturated heterocycles. The van der Waals surface area contributed by atoms with Gasteiger partial charge in [-0.2, -0.15) is 0 Å². The molecule has 0 aliphatic carbocycles. The van der Waals surface area contributed by atoms with Crippen LogP contribution in [-0.4, -0.2) is 22.5 Å². The zero-order valence-electron chi connectivity index (χ0n) is 8.55. The van der Waals surface area contributed by atoms with Crippen LogP contribution in [0.1, 0.15) is 18.3 Å². The molecule has 0 aliphatic heterocycles. The Morgan fingerprint density at radius 1 is 1.27 bits per heavy atom. The number of ether oxygens (including phenoxy) is 1. The summed E-state index contributed by atoms with van der Waals surface area (Å²) in [5.41, 5.74) is -0.647. The van der Waals surface area contributed by atoms with Crippen LogP contribution in [0.4, 0.5) is 0 Å². The molecule has 1 aromatic rings. The first-order valence-corrected chi connectivity index (χ1v) is 4.52. The molecule has 6 heteroatoms. The normalized spacial score (nSPS) is 10.0. The monoisotopic (exact) mass is 212 g/mol. The fraction of sp³-hybridized carbons (Fsp3) is 0.444. The molecule has 1 aromatic heterocycles. The Morgan fingerprint density at radius 2 is 1.87 bits per heavy atom. The van der Waals surface area contributed by atoms with Gasteiger partial charge >= 0.3 is 17.1 Å². The lowest BCUT2D eigenvalue weighted by Crippen LogP contribution is -2.32. The van der Waals surface area contributed by atoms with Crippen LogP contribution in [-0.2, 0) is 16.0 Å². The van der Waals surface area contributed by atoms with E-state index in [-0.39, 0.29) is 13.0 Å². The zero-order chi connectivity index (χ0) is 11.4. The average molecular weight is 212 g/mol. The number of carbonyl (C=O) groups is 1. The molecule has 82 valence electrons. The van der Waals surface area contributed by atoms with E-state index in [4.69, 9.17) is 4.74 Å². The summed E-state index contributed by atoms with van der Waals surface area (Å²) in [7, 11) is 0. The average Bonchev–Trinajstić information content (AvgIpc) is 2.14. The number of aromatic nitrogens is 2. The highest BCUT2D eigenvalue weighted by molar-refractivity contribution is 5.72. The van der Waals surface area contributed by atoms with Crippen molar-refractivity contribution in [2.45, 2.75) is 20.3 Å². The second-order valence-corrected chi connectivity index (χ2v) is 2.99. The maximum atomic E-state index is 11.1. The molecule has 0 saturated carbocycles. The smallest absolute Gasteiger partial charge is 0.313 e. The van der Waals surface area contributed by atoms with Crippen molar-refractivity contribution in [3.05, 3.63) is 32.1 Å².